The van der Waals surface area contributed by atoms with Crippen LogP contribution in [-0.2, 0) is 28.0 Å². The number of rotatable bonds is 8. The molecule has 1 aliphatic rings. The van der Waals surface area contributed by atoms with Gasteiger partial charge in [-0.2, -0.15) is 9.98 Å². The first-order chi connectivity index (χ1) is 16.3. The molecule has 34 heavy (non-hydrogen) atoms. The normalized spacial score (nSPS) is 16.0. The highest BCUT2D eigenvalue weighted by Crippen LogP contribution is 2.27. The number of aryl methyl sites for hydroxylation is 1. The first-order valence-electron chi connectivity index (χ1n) is 11.4. The number of piperidine rings is 1. The number of sulfonamides is 1. The zero-order chi connectivity index (χ0) is 24.3. The van der Waals surface area contributed by atoms with Crippen molar-refractivity contribution in [3.05, 3.63) is 54.0 Å². The first-order valence-corrected chi connectivity index (χ1v) is 12.9. The van der Waals surface area contributed by atoms with E-state index in [0.717, 1.165) is 12.8 Å². The van der Waals surface area contributed by atoms with Crippen molar-refractivity contribution in [3.63, 3.8) is 0 Å². The van der Waals surface area contributed by atoms with Gasteiger partial charge in [0.2, 0.25) is 15.9 Å². The molecule has 1 fully saturated rings. The molecule has 1 aromatic carbocycles. The zero-order valence-corrected chi connectivity index (χ0v) is 19.9. The van der Waals surface area contributed by atoms with Crippen molar-refractivity contribution in [1.29, 1.82) is 5.26 Å². The molecule has 0 spiro atoms. The van der Waals surface area contributed by atoms with E-state index in [1.165, 1.54) is 6.07 Å². The highest BCUT2D eigenvalue weighted by molar-refractivity contribution is 7.89. The van der Waals surface area contributed by atoms with Crippen LogP contribution in [0.3, 0.4) is 0 Å². The molecule has 10 heteroatoms. The summed E-state index contributed by atoms with van der Waals surface area (Å²) in [5, 5.41) is 19.4. The molecule has 1 unspecified atom stereocenters. The molecule has 180 valence electrons. The van der Waals surface area contributed by atoms with E-state index in [1.807, 2.05) is 0 Å². The summed E-state index contributed by atoms with van der Waals surface area (Å²) in [6.07, 6.45) is 5.28. The van der Waals surface area contributed by atoms with Gasteiger partial charge in [-0.1, -0.05) is 13.0 Å². The van der Waals surface area contributed by atoms with Crippen LogP contribution in [0.4, 0.5) is 0 Å². The molecule has 0 saturated carbocycles. The van der Waals surface area contributed by atoms with Crippen molar-refractivity contribution in [2.45, 2.75) is 50.3 Å². The predicted molar refractivity (Wildman–Crippen MR) is 127 cm³/mol. The van der Waals surface area contributed by atoms with Gasteiger partial charge in [-0.25, -0.2) is 8.42 Å². The number of carbonyl (C=O) groups excluding carboxylic acids is 1. The number of carbonyl (C=O) groups is 1. The Kier molecular flexibility index (Phi) is 7.07. The van der Waals surface area contributed by atoms with Crippen molar-refractivity contribution in [2.24, 2.45) is 5.92 Å². The number of amides is 1. The molecule has 3 N–H and O–H groups in total. The quantitative estimate of drug-likeness (QED) is 0.453. The number of fused-ring (bicyclic) bond motifs is 1. The standard InChI is InChI=1S/C24H29N5O4S/c1-17-7-11-29(12-8-17)24(31)21(9-13-28-10-3-4-19(28)14-25)27-34(32,33)22-6-2-5-20-23(22)18(16-30)15-26-20/h2-6,10,15,17,21,26-27,30H,7-9,11-13,16H2,1H3. The number of aliphatic hydroxyl groups is 1. The maximum absolute atomic E-state index is 13.5. The van der Waals surface area contributed by atoms with E-state index in [2.05, 4.69) is 22.7 Å². The van der Waals surface area contributed by atoms with Gasteiger partial charge in [0.05, 0.1) is 11.5 Å². The molecular weight excluding hydrogens is 454 g/mol. The Morgan fingerprint density at radius 2 is 2.06 bits per heavy atom. The van der Waals surface area contributed by atoms with Crippen LogP contribution in [-0.4, -0.2) is 53.0 Å². The van der Waals surface area contributed by atoms with Crippen molar-refractivity contribution < 1.29 is 18.3 Å². The number of H-pyrrole nitrogens is 1. The smallest absolute Gasteiger partial charge is 0.241 e. The SMILES string of the molecule is CC1CCN(C(=O)C(CCn2cccc2C#N)NS(=O)(=O)c2cccc3[nH]cc(CO)c23)CC1. The fourth-order valence-corrected chi connectivity index (χ4v) is 5.97. The molecule has 0 bridgehead atoms. The highest BCUT2D eigenvalue weighted by atomic mass is 32.2. The van der Waals surface area contributed by atoms with Crippen molar-refractivity contribution in [1.82, 2.24) is 19.2 Å². The summed E-state index contributed by atoms with van der Waals surface area (Å²) in [6, 6.07) is 9.37. The number of nitrogens with zero attached hydrogens (tertiary/aromatic N) is 3. The molecule has 0 aliphatic carbocycles. The molecule has 1 atom stereocenters. The van der Waals surface area contributed by atoms with E-state index in [9.17, 15) is 23.6 Å². The molecule has 3 aromatic rings. The molecule has 4 rings (SSSR count). The Hall–Kier alpha value is -3.13. The number of nitrogens with one attached hydrogen (secondary N) is 2. The van der Waals surface area contributed by atoms with Gasteiger partial charge >= 0.3 is 0 Å². The lowest BCUT2D eigenvalue weighted by Crippen LogP contribution is -2.50. The largest absolute Gasteiger partial charge is 0.392 e. The van der Waals surface area contributed by atoms with Crippen LogP contribution < -0.4 is 4.72 Å². The third kappa shape index (κ3) is 4.87. The lowest BCUT2D eigenvalue weighted by atomic mass is 9.98. The number of aromatic amines is 1. The fraction of sp³-hybridized carbons (Fsp3) is 0.417. The Balaban J connectivity index is 1.63. The molecule has 1 saturated heterocycles. The third-order valence-corrected chi connectivity index (χ3v) is 8.02. The lowest BCUT2D eigenvalue weighted by molar-refractivity contribution is -0.134. The molecule has 0 radical (unpaired) electrons. The summed E-state index contributed by atoms with van der Waals surface area (Å²) in [5.41, 5.74) is 1.51. The minimum Gasteiger partial charge on any atom is -0.392 e. The number of hydrogen-bond acceptors (Lipinski definition) is 5. The van der Waals surface area contributed by atoms with E-state index in [1.54, 1.807) is 46.1 Å². The van der Waals surface area contributed by atoms with Crippen LogP contribution in [0.25, 0.3) is 10.9 Å². The highest BCUT2D eigenvalue weighted by Gasteiger charge is 2.32. The second-order valence-corrected chi connectivity index (χ2v) is 10.5. The van der Waals surface area contributed by atoms with Crippen LogP contribution in [0.5, 0.6) is 0 Å². The topological polar surface area (TPSA) is 131 Å². The van der Waals surface area contributed by atoms with Gasteiger partial charge in [0.25, 0.3) is 0 Å². The molecule has 3 heterocycles. The summed E-state index contributed by atoms with van der Waals surface area (Å²) in [5.74, 6) is 0.269. The van der Waals surface area contributed by atoms with E-state index in [0.29, 0.717) is 47.7 Å². The van der Waals surface area contributed by atoms with Gasteiger partial charge < -0.3 is 19.6 Å². The number of aliphatic hydroxyl groups excluding tert-OH is 1. The van der Waals surface area contributed by atoms with E-state index >= 15 is 0 Å². The third-order valence-electron chi connectivity index (χ3n) is 6.50. The lowest BCUT2D eigenvalue weighted by Gasteiger charge is -2.33. The van der Waals surface area contributed by atoms with Crippen LogP contribution in [0.1, 0.15) is 37.4 Å². The van der Waals surface area contributed by atoms with Gasteiger partial charge in [0, 0.05) is 48.5 Å². The number of hydrogen-bond donors (Lipinski definition) is 3. The van der Waals surface area contributed by atoms with Gasteiger partial charge in [-0.3, -0.25) is 4.79 Å². The minimum absolute atomic E-state index is 0.0130. The second-order valence-electron chi connectivity index (χ2n) is 8.82. The molecule has 2 aromatic heterocycles. The summed E-state index contributed by atoms with van der Waals surface area (Å²) in [6.45, 7) is 3.33. The summed E-state index contributed by atoms with van der Waals surface area (Å²) in [4.78, 5) is 18.2. The molecular formula is C24H29N5O4S. The van der Waals surface area contributed by atoms with E-state index < -0.39 is 16.1 Å². The maximum atomic E-state index is 13.5. The van der Waals surface area contributed by atoms with Crippen LogP contribution in [0.2, 0.25) is 0 Å². The maximum Gasteiger partial charge on any atom is 0.241 e. The van der Waals surface area contributed by atoms with Gasteiger partial charge in [0.1, 0.15) is 17.8 Å². The summed E-state index contributed by atoms with van der Waals surface area (Å²) < 4.78 is 31.4. The van der Waals surface area contributed by atoms with E-state index in [-0.39, 0.29) is 23.8 Å². The van der Waals surface area contributed by atoms with Crippen LogP contribution >= 0.6 is 0 Å². The monoisotopic (exact) mass is 483 g/mol. The number of aromatic nitrogens is 2. The average molecular weight is 484 g/mol. The number of nitriles is 1. The van der Waals surface area contributed by atoms with Crippen molar-refractivity contribution in [2.75, 3.05) is 13.1 Å². The Labute approximate surface area is 199 Å². The van der Waals surface area contributed by atoms with Crippen LogP contribution in [0, 0.1) is 17.2 Å². The zero-order valence-electron chi connectivity index (χ0n) is 19.1. The van der Waals surface area contributed by atoms with E-state index in [4.69, 9.17) is 0 Å². The Morgan fingerprint density at radius 1 is 1.29 bits per heavy atom. The van der Waals surface area contributed by atoms with Crippen molar-refractivity contribution in [3.8, 4) is 6.07 Å². The second kappa shape index (κ2) is 10.0. The average Bonchev–Trinajstić information content (AvgIpc) is 3.47. The molecule has 1 aliphatic heterocycles. The molecule has 1 amide bonds. The fourth-order valence-electron chi connectivity index (χ4n) is 4.48. The van der Waals surface area contributed by atoms with Crippen molar-refractivity contribution >= 4 is 26.8 Å². The van der Waals surface area contributed by atoms with Gasteiger partial charge in [-0.05, 0) is 49.4 Å². The van der Waals surface area contributed by atoms with Gasteiger partial charge in [-0.15, -0.1) is 0 Å². The summed E-state index contributed by atoms with van der Waals surface area (Å²) >= 11 is 0. The Bertz CT molecular complexity index is 1310. The predicted octanol–water partition coefficient (Wildman–Crippen LogP) is 2.33. The Morgan fingerprint density at radius 3 is 2.76 bits per heavy atom. The summed E-state index contributed by atoms with van der Waals surface area (Å²) in [7, 11) is -4.09. The van der Waals surface area contributed by atoms with Crippen LogP contribution in [0.15, 0.2) is 47.6 Å². The molecule has 9 nitrogen and oxygen atoms in total. The number of benzene rings is 1. The number of likely N-dealkylation sites (tertiary alicyclic amines) is 1. The minimum atomic E-state index is -4.09. The first kappa shape index (κ1) is 24.0. The van der Waals surface area contributed by atoms with Gasteiger partial charge in [0.15, 0.2) is 0 Å².